The van der Waals surface area contributed by atoms with Gasteiger partial charge in [-0.2, -0.15) is 8.42 Å². The van der Waals surface area contributed by atoms with Gasteiger partial charge in [-0.25, -0.2) is 0 Å². The van der Waals surface area contributed by atoms with Gasteiger partial charge in [0.25, 0.3) is 18.4 Å². The topological polar surface area (TPSA) is 52.6 Å². The van der Waals surface area contributed by atoms with E-state index < -0.39 is 18.4 Å². The van der Waals surface area contributed by atoms with E-state index in [1.165, 1.54) is 10.4 Å². The van der Waals surface area contributed by atoms with Crippen LogP contribution in [0.15, 0.2) is 60.7 Å². The fourth-order valence-electron chi connectivity index (χ4n) is 3.51. The molecule has 0 radical (unpaired) electrons. The number of hydrogen-bond acceptors (Lipinski definition) is 4. The molecule has 0 saturated heterocycles. The van der Waals surface area contributed by atoms with Crippen molar-refractivity contribution in [3.63, 3.8) is 0 Å². The van der Waals surface area contributed by atoms with Crippen molar-refractivity contribution in [1.82, 2.24) is 0 Å². The lowest BCUT2D eigenvalue weighted by atomic mass is 10.1. The molecule has 28 heavy (non-hydrogen) atoms. The molecule has 4 nitrogen and oxygen atoms in total. The third kappa shape index (κ3) is 5.77. The predicted molar refractivity (Wildman–Crippen MR) is 118 cm³/mol. The van der Waals surface area contributed by atoms with Crippen molar-refractivity contribution in [3.8, 4) is 0 Å². The lowest BCUT2D eigenvalue weighted by Crippen LogP contribution is -2.66. The highest BCUT2D eigenvalue weighted by molar-refractivity contribution is 7.85. The van der Waals surface area contributed by atoms with Crippen LogP contribution in [0.25, 0.3) is 0 Å². The smallest absolute Gasteiger partial charge is 0.264 e. The zero-order chi connectivity index (χ0) is 20.8. The molecule has 0 fully saturated rings. The first-order chi connectivity index (χ1) is 13.1. The number of rotatable bonds is 9. The van der Waals surface area contributed by atoms with Gasteiger partial charge >= 0.3 is 0 Å². The highest BCUT2D eigenvalue weighted by Crippen LogP contribution is 2.37. The zero-order valence-corrected chi connectivity index (χ0v) is 19.3. The fourth-order valence-corrected chi connectivity index (χ4v) is 8.60. The van der Waals surface area contributed by atoms with E-state index in [9.17, 15) is 8.42 Å². The van der Waals surface area contributed by atoms with E-state index in [0.717, 1.165) is 6.26 Å². The van der Waals surface area contributed by atoms with Crippen LogP contribution in [0.3, 0.4) is 0 Å². The van der Waals surface area contributed by atoms with E-state index in [1.54, 1.807) is 0 Å². The summed E-state index contributed by atoms with van der Waals surface area (Å²) in [4.78, 5) is 0. The summed E-state index contributed by atoms with van der Waals surface area (Å²) >= 11 is 0. The largest absolute Gasteiger partial charge is 0.407 e. The molecule has 0 unspecified atom stereocenters. The highest BCUT2D eigenvalue weighted by atomic mass is 32.2. The third-order valence-electron chi connectivity index (χ3n) is 4.91. The predicted octanol–water partition coefficient (Wildman–Crippen LogP) is 3.57. The van der Waals surface area contributed by atoms with E-state index in [1.807, 2.05) is 12.1 Å². The second kappa shape index (κ2) is 9.35. The Kier molecular flexibility index (Phi) is 7.62. The SMILES string of the molecule is C[C@@H](CCOS(C)(=O)=O)CO[Si](c1ccccc1)(c1ccccc1)C(C)(C)C. The monoisotopic (exact) mass is 420 g/mol. The zero-order valence-electron chi connectivity index (χ0n) is 17.5. The minimum atomic E-state index is -3.40. The molecule has 0 N–H and O–H groups in total. The Morgan fingerprint density at radius 2 is 1.39 bits per heavy atom. The van der Waals surface area contributed by atoms with E-state index in [0.29, 0.717) is 13.0 Å². The molecule has 1 atom stereocenters. The summed E-state index contributed by atoms with van der Waals surface area (Å²) < 4.78 is 34.1. The van der Waals surface area contributed by atoms with Gasteiger partial charge in [-0.1, -0.05) is 88.4 Å². The lowest BCUT2D eigenvalue weighted by molar-refractivity contribution is 0.211. The second-order valence-corrected chi connectivity index (χ2v) is 14.3. The Morgan fingerprint density at radius 3 is 1.79 bits per heavy atom. The minimum absolute atomic E-state index is 0.0707. The van der Waals surface area contributed by atoms with Gasteiger partial charge in [0.05, 0.1) is 12.9 Å². The molecule has 0 spiro atoms. The number of benzene rings is 2. The van der Waals surface area contributed by atoms with Crippen molar-refractivity contribution in [2.75, 3.05) is 19.5 Å². The van der Waals surface area contributed by atoms with Crippen LogP contribution in [0.4, 0.5) is 0 Å². The van der Waals surface area contributed by atoms with Crippen molar-refractivity contribution in [2.24, 2.45) is 5.92 Å². The van der Waals surface area contributed by atoms with Crippen LogP contribution in [0.5, 0.6) is 0 Å². The second-order valence-electron chi connectivity index (χ2n) is 8.39. The molecule has 0 aliphatic carbocycles. The Labute approximate surface area is 171 Å². The van der Waals surface area contributed by atoms with Crippen LogP contribution < -0.4 is 10.4 Å². The van der Waals surface area contributed by atoms with Crippen LogP contribution in [0.1, 0.15) is 34.1 Å². The maximum absolute atomic E-state index is 11.2. The quantitative estimate of drug-likeness (QED) is 0.460. The summed E-state index contributed by atoms with van der Waals surface area (Å²) in [5, 5.41) is 2.42. The summed E-state index contributed by atoms with van der Waals surface area (Å²) in [6.07, 6.45) is 1.71. The van der Waals surface area contributed by atoms with Gasteiger partial charge in [0.1, 0.15) is 0 Å². The molecule has 0 aliphatic rings. The molecule has 0 saturated carbocycles. The molecule has 0 aromatic heterocycles. The first-order valence-corrected chi connectivity index (χ1v) is 13.4. The summed E-state index contributed by atoms with van der Waals surface area (Å²) in [6, 6.07) is 21.0. The van der Waals surface area contributed by atoms with Crippen LogP contribution >= 0.6 is 0 Å². The van der Waals surface area contributed by atoms with Gasteiger partial charge in [0.2, 0.25) is 0 Å². The normalized spacial score (nSPS) is 14.0. The number of hydrogen-bond donors (Lipinski definition) is 0. The van der Waals surface area contributed by atoms with E-state index >= 15 is 0 Å². The maximum Gasteiger partial charge on any atom is 0.264 e. The van der Waals surface area contributed by atoms with Crippen molar-refractivity contribution < 1.29 is 17.0 Å². The van der Waals surface area contributed by atoms with Gasteiger partial charge < -0.3 is 4.43 Å². The average Bonchev–Trinajstić information content (AvgIpc) is 2.62. The van der Waals surface area contributed by atoms with E-state index in [-0.39, 0.29) is 17.6 Å². The van der Waals surface area contributed by atoms with Crippen LogP contribution in [-0.2, 0) is 18.7 Å². The molecule has 0 amide bonds. The minimum Gasteiger partial charge on any atom is -0.407 e. The summed E-state index contributed by atoms with van der Waals surface area (Å²) in [5.41, 5.74) is 0. The van der Waals surface area contributed by atoms with Gasteiger partial charge in [-0.3, -0.25) is 4.18 Å². The molecule has 2 rings (SSSR count). The Balaban J connectivity index is 2.31. The van der Waals surface area contributed by atoms with Gasteiger partial charge in [-0.15, -0.1) is 0 Å². The standard InChI is InChI=1S/C22H32O4SSi/c1-19(16-17-25-27(5,23)24)18-26-28(22(2,3)4,20-12-8-6-9-13-20)21-14-10-7-11-15-21/h6-15,19H,16-18H2,1-5H3/t19-/m0/s1. The van der Waals surface area contributed by atoms with Gasteiger partial charge in [-0.05, 0) is 27.8 Å². The van der Waals surface area contributed by atoms with Crippen molar-refractivity contribution in [3.05, 3.63) is 60.7 Å². The molecule has 2 aromatic rings. The molecule has 0 bridgehead atoms. The first-order valence-electron chi connectivity index (χ1n) is 9.65. The van der Waals surface area contributed by atoms with E-state index in [2.05, 4.69) is 76.2 Å². The molecule has 6 heteroatoms. The van der Waals surface area contributed by atoms with Gasteiger partial charge in [0, 0.05) is 6.61 Å². The Bertz CT molecular complexity index is 790. The van der Waals surface area contributed by atoms with Crippen molar-refractivity contribution >= 4 is 28.8 Å². The molecule has 0 heterocycles. The third-order valence-corrected chi connectivity index (χ3v) is 10.5. The summed E-state index contributed by atoms with van der Waals surface area (Å²) in [7, 11) is -5.95. The molecular formula is C22H32O4SSi. The summed E-state index contributed by atoms with van der Waals surface area (Å²) in [5.74, 6) is 0.184. The van der Waals surface area contributed by atoms with Crippen LogP contribution in [-0.4, -0.2) is 36.2 Å². The lowest BCUT2D eigenvalue weighted by Gasteiger charge is -2.43. The highest BCUT2D eigenvalue weighted by Gasteiger charge is 2.50. The fraction of sp³-hybridized carbons (Fsp3) is 0.455. The van der Waals surface area contributed by atoms with E-state index in [4.69, 9.17) is 8.61 Å². The average molecular weight is 421 g/mol. The van der Waals surface area contributed by atoms with Crippen molar-refractivity contribution in [2.45, 2.75) is 39.2 Å². The van der Waals surface area contributed by atoms with Crippen LogP contribution in [0.2, 0.25) is 5.04 Å². The Hall–Kier alpha value is -1.47. The molecule has 154 valence electrons. The van der Waals surface area contributed by atoms with Gasteiger partial charge in [0.15, 0.2) is 0 Å². The van der Waals surface area contributed by atoms with Crippen LogP contribution in [0, 0.1) is 5.92 Å². The molecular weight excluding hydrogens is 388 g/mol. The molecule has 2 aromatic carbocycles. The van der Waals surface area contributed by atoms with Crippen molar-refractivity contribution in [1.29, 1.82) is 0 Å². The summed E-state index contributed by atoms with van der Waals surface area (Å²) in [6.45, 7) is 9.55. The molecule has 0 aliphatic heterocycles. The Morgan fingerprint density at radius 1 is 0.929 bits per heavy atom. The maximum atomic E-state index is 11.2. The first kappa shape index (κ1) is 22.8.